The zero-order valence-electron chi connectivity index (χ0n) is 17.9. The van der Waals surface area contributed by atoms with Gasteiger partial charge in [-0.1, -0.05) is 36.8 Å². The van der Waals surface area contributed by atoms with Crippen molar-refractivity contribution in [1.29, 1.82) is 0 Å². The Labute approximate surface area is 175 Å². The molecule has 0 heterocycles. The molecule has 0 aromatic heterocycles. The molecule has 0 unspecified atom stereocenters. The Balaban J connectivity index is 1.15. The monoisotopic (exact) mass is 396 g/mol. The van der Waals surface area contributed by atoms with Crippen molar-refractivity contribution in [2.75, 3.05) is 13.6 Å². The van der Waals surface area contributed by atoms with Gasteiger partial charge >= 0.3 is 0 Å². The van der Waals surface area contributed by atoms with E-state index in [4.69, 9.17) is 0 Å². The predicted octanol–water partition coefficient (Wildman–Crippen LogP) is 4.33. The van der Waals surface area contributed by atoms with Crippen LogP contribution in [0.5, 0.6) is 0 Å². The molecule has 1 N–H and O–H groups in total. The lowest BCUT2D eigenvalue weighted by molar-refractivity contribution is -0.149. The maximum atomic E-state index is 12.8. The van der Waals surface area contributed by atoms with Crippen LogP contribution in [0.15, 0.2) is 30.3 Å². The third kappa shape index (κ3) is 4.84. The van der Waals surface area contributed by atoms with Crippen LogP contribution in [0.1, 0.15) is 69.8 Å². The number of hydrogen-bond acceptors (Lipinski definition) is 2. The van der Waals surface area contributed by atoms with Gasteiger partial charge in [0, 0.05) is 19.1 Å². The first kappa shape index (κ1) is 20.4. The van der Waals surface area contributed by atoms with Crippen LogP contribution < -0.4 is 5.32 Å². The lowest BCUT2D eigenvalue weighted by atomic mass is 9.52. The first-order chi connectivity index (χ1) is 14.0. The average molecular weight is 397 g/mol. The Kier molecular flexibility index (Phi) is 6.26. The molecule has 4 aliphatic rings. The number of nitrogens with zero attached hydrogens (tertiary/aromatic N) is 1. The highest BCUT2D eigenvalue weighted by atomic mass is 16.2. The fourth-order valence-electron chi connectivity index (χ4n) is 6.56. The molecule has 4 nitrogen and oxygen atoms in total. The Morgan fingerprint density at radius 2 is 1.59 bits per heavy atom. The summed E-state index contributed by atoms with van der Waals surface area (Å²) in [6.45, 7) is 0.669. The number of benzene rings is 1. The van der Waals surface area contributed by atoms with Crippen LogP contribution in [0.4, 0.5) is 0 Å². The largest absolute Gasteiger partial charge is 0.356 e. The van der Waals surface area contributed by atoms with Crippen molar-refractivity contribution in [2.45, 2.75) is 76.2 Å². The van der Waals surface area contributed by atoms with E-state index < -0.39 is 0 Å². The fourth-order valence-corrected chi connectivity index (χ4v) is 6.56. The lowest BCUT2D eigenvalue weighted by Gasteiger charge is -2.59. The molecule has 0 spiro atoms. The summed E-state index contributed by atoms with van der Waals surface area (Å²) in [7, 11) is 1.95. The van der Waals surface area contributed by atoms with Crippen LogP contribution in [-0.2, 0) is 16.0 Å². The van der Waals surface area contributed by atoms with E-state index in [1.165, 1.54) is 24.8 Å². The molecule has 158 valence electrons. The number of unbranched alkanes of at least 4 members (excludes halogenated alkanes) is 2. The first-order valence-electron chi connectivity index (χ1n) is 11.6. The maximum Gasteiger partial charge on any atom is 0.232 e. The summed E-state index contributed by atoms with van der Waals surface area (Å²) in [6, 6.07) is 10.5. The quantitative estimate of drug-likeness (QED) is 0.499. The molecule has 4 bridgehead atoms. The predicted molar refractivity (Wildman–Crippen MR) is 115 cm³/mol. The Morgan fingerprint density at radius 1 is 0.966 bits per heavy atom. The van der Waals surface area contributed by atoms with Gasteiger partial charge < -0.3 is 10.2 Å². The number of carbonyl (C=O) groups excluding carboxylic acids is 2. The van der Waals surface area contributed by atoms with Gasteiger partial charge in [0.25, 0.3) is 0 Å². The zero-order valence-corrected chi connectivity index (χ0v) is 17.9. The minimum Gasteiger partial charge on any atom is -0.356 e. The maximum absolute atomic E-state index is 12.8. The van der Waals surface area contributed by atoms with E-state index in [9.17, 15) is 9.59 Å². The van der Waals surface area contributed by atoms with Gasteiger partial charge in [-0.05, 0) is 81.1 Å². The molecule has 29 heavy (non-hydrogen) atoms. The summed E-state index contributed by atoms with van der Waals surface area (Å²) in [4.78, 5) is 27.1. The van der Waals surface area contributed by atoms with Gasteiger partial charge in [-0.15, -0.1) is 0 Å². The molecular formula is C25H36N2O2. The summed E-state index contributed by atoms with van der Waals surface area (Å²) in [5.41, 5.74) is 1.42. The van der Waals surface area contributed by atoms with Crippen LogP contribution in [0.25, 0.3) is 0 Å². The molecule has 1 aromatic rings. The summed E-state index contributed by atoms with van der Waals surface area (Å²) in [6.07, 6.45) is 11.9. The molecule has 0 saturated heterocycles. The molecule has 0 atom stereocenters. The van der Waals surface area contributed by atoms with E-state index >= 15 is 0 Å². The molecule has 4 saturated carbocycles. The lowest BCUT2D eigenvalue weighted by Crippen LogP contribution is -2.60. The number of carbonyl (C=O) groups is 2. The van der Waals surface area contributed by atoms with Crippen molar-refractivity contribution in [3.63, 3.8) is 0 Å². The van der Waals surface area contributed by atoms with E-state index in [0.29, 0.717) is 6.54 Å². The molecule has 4 fully saturated rings. The van der Waals surface area contributed by atoms with E-state index in [2.05, 4.69) is 29.6 Å². The standard InChI is InChI=1S/C25H36N2O2/c1-27(25-16-20-12-21(17-25)14-22(13-20)18-25)24(29)15-23(28)26-11-7-3-6-10-19-8-4-2-5-9-19/h2,4-5,8-9,20-22H,3,6-7,10-18H2,1H3,(H,26,28). The van der Waals surface area contributed by atoms with Crippen LogP contribution in [0, 0.1) is 17.8 Å². The number of nitrogens with one attached hydrogen (secondary N) is 1. The SMILES string of the molecule is CN(C(=O)CC(=O)NCCCCCc1ccccc1)C12CC3CC(CC(C3)C1)C2. The highest BCUT2D eigenvalue weighted by Gasteiger charge is 2.53. The van der Waals surface area contributed by atoms with Crippen molar-refractivity contribution in [3.8, 4) is 0 Å². The highest BCUT2D eigenvalue weighted by molar-refractivity contribution is 5.97. The molecule has 5 rings (SSSR count). The van der Waals surface area contributed by atoms with Gasteiger partial charge in [0.05, 0.1) is 0 Å². The fraction of sp³-hybridized carbons (Fsp3) is 0.680. The Bertz CT molecular complexity index is 680. The van der Waals surface area contributed by atoms with Crippen LogP contribution >= 0.6 is 0 Å². The second kappa shape index (κ2) is 8.89. The normalized spacial score (nSPS) is 29.6. The van der Waals surface area contributed by atoms with Crippen molar-refractivity contribution in [2.24, 2.45) is 17.8 Å². The van der Waals surface area contributed by atoms with E-state index in [-0.39, 0.29) is 23.8 Å². The number of amides is 2. The highest BCUT2D eigenvalue weighted by Crippen LogP contribution is 2.57. The van der Waals surface area contributed by atoms with Crippen molar-refractivity contribution < 1.29 is 9.59 Å². The minimum absolute atomic E-state index is 0.00225. The van der Waals surface area contributed by atoms with Gasteiger partial charge in [0.15, 0.2) is 0 Å². The summed E-state index contributed by atoms with van der Waals surface area (Å²) >= 11 is 0. The number of hydrogen-bond donors (Lipinski definition) is 1. The van der Waals surface area contributed by atoms with E-state index in [1.807, 2.05) is 18.0 Å². The van der Waals surface area contributed by atoms with Crippen molar-refractivity contribution in [3.05, 3.63) is 35.9 Å². The second-order valence-electron chi connectivity index (χ2n) is 9.92. The second-order valence-corrected chi connectivity index (χ2v) is 9.92. The Hall–Kier alpha value is -1.84. The van der Waals surface area contributed by atoms with Crippen LogP contribution in [0.3, 0.4) is 0 Å². The van der Waals surface area contributed by atoms with Crippen molar-refractivity contribution >= 4 is 11.8 Å². The minimum atomic E-state index is -0.116. The molecular weight excluding hydrogens is 360 g/mol. The molecule has 2 amide bonds. The zero-order chi connectivity index (χ0) is 20.3. The average Bonchev–Trinajstić information content (AvgIpc) is 2.69. The Morgan fingerprint density at radius 3 is 2.21 bits per heavy atom. The number of aryl methyl sites for hydroxylation is 1. The molecule has 4 heteroatoms. The topological polar surface area (TPSA) is 49.4 Å². The molecule has 0 radical (unpaired) electrons. The van der Waals surface area contributed by atoms with E-state index in [1.54, 1.807) is 0 Å². The molecule has 1 aromatic carbocycles. The first-order valence-corrected chi connectivity index (χ1v) is 11.6. The smallest absolute Gasteiger partial charge is 0.232 e. The van der Waals surface area contributed by atoms with E-state index in [0.717, 1.165) is 62.7 Å². The van der Waals surface area contributed by atoms with Crippen molar-refractivity contribution in [1.82, 2.24) is 10.2 Å². The van der Waals surface area contributed by atoms with Gasteiger partial charge in [0.1, 0.15) is 6.42 Å². The summed E-state index contributed by atoms with van der Waals surface area (Å²) < 4.78 is 0. The van der Waals surface area contributed by atoms with Gasteiger partial charge in [-0.3, -0.25) is 9.59 Å². The molecule has 0 aliphatic heterocycles. The number of rotatable bonds is 9. The third-order valence-electron chi connectivity index (χ3n) is 7.71. The van der Waals surface area contributed by atoms with Crippen LogP contribution in [0.2, 0.25) is 0 Å². The van der Waals surface area contributed by atoms with Gasteiger partial charge in [0.2, 0.25) is 11.8 Å². The molecule has 4 aliphatic carbocycles. The summed E-state index contributed by atoms with van der Waals surface area (Å²) in [5.74, 6) is 2.31. The summed E-state index contributed by atoms with van der Waals surface area (Å²) in [5, 5.41) is 2.95. The van der Waals surface area contributed by atoms with Gasteiger partial charge in [-0.2, -0.15) is 0 Å². The van der Waals surface area contributed by atoms with Gasteiger partial charge in [-0.25, -0.2) is 0 Å². The van der Waals surface area contributed by atoms with Crippen LogP contribution in [-0.4, -0.2) is 35.8 Å². The third-order valence-corrected chi connectivity index (χ3v) is 7.71.